The van der Waals surface area contributed by atoms with Crippen molar-refractivity contribution >= 4 is 15.7 Å². The molecule has 0 bridgehead atoms. The van der Waals surface area contributed by atoms with Gasteiger partial charge in [-0.25, -0.2) is 13.6 Å². The van der Waals surface area contributed by atoms with Gasteiger partial charge in [0.2, 0.25) is 10.0 Å². The van der Waals surface area contributed by atoms with E-state index < -0.39 is 10.0 Å². The van der Waals surface area contributed by atoms with Gasteiger partial charge in [0.25, 0.3) is 0 Å². The van der Waals surface area contributed by atoms with Crippen molar-refractivity contribution in [2.75, 3.05) is 24.2 Å². The van der Waals surface area contributed by atoms with Gasteiger partial charge in [-0.05, 0) is 37.6 Å². The topological polar surface area (TPSA) is 81.4 Å². The third-order valence-electron chi connectivity index (χ3n) is 2.21. The first kappa shape index (κ1) is 13.8. The minimum Gasteiger partial charge on any atom is -0.494 e. The van der Waals surface area contributed by atoms with Crippen molar-refractivity contribution in [1.82, 2.24) is 0 Å². The number of nitrogens with one attached hydrogen (secondary N) is 1. The van der Waals surface area contributed by atoms with Gasteiger partial charge in [-0.3, -0.25) is 0 Å². The van der Waals surface area contributed by atoms with Crippen LogP contribution in [-0.2, 0) is 10.0 Å². The number of benzene rings is 1. The second-order valence-corrected chi connectivity index (χ2v) is 5.44. The van der Waals surface area contributed by atoms with Crippen molar-refractivity contribution in [3.05, 3.63) is 23.8 Å². The van der Waals surface area contributed by atoms with Crippen LogP contribution < -0.4 is 15.2 Å². The second-order valence-electron chi connectivity index (χ2n) is 3.70. The maximum absolute atomic E-state index is 10.8. The average molecular weight is 258 g/mol. The fourth-order valence-corrected chi connectivity index (χ4v) is 1.81. The highest BCUT2D eigenvalue weighted by Crippen LogP contribution is 2.21. The monoisotopic (exact) mass is 258 g/mol. The fraction of sp³-hybridized carbons (Fsp3) is 0.455. The van der Waals surface area contributed by atoms with Crippen molar-refractivity contribution in [3.63, 3.8) is 0 Å². The third kappa shape index (κ3) is 5.06. The lowest BCUT2D eigenvalue weighted by molar-refractivity contribution is 0.340. The Kier molecular flexibility index (Phi) is 4.77. The smallest absolute Gasteiger partial charge is 0.210 e. The van der Waals surface area contributed by atoms with Crippen molar-refractivity contribution in [3.8, 4) is 5.75 Å². The first-order valence-electron chi connectivity index (χ1n) is 5.40. The Morgan fingerprint density at radius 3 is 2.65 bits per heavy atom. The highest BCUT2D eigenvalue weighted by molar-refractivity contribution is 7.89. The molecule has 1 aromatic rings. The van der Waals surface area contributed by atoms with Gasteiger partial charge in [0.05, 0.1) is 12.4 Å². The molecule has 3 N–H and O–H groups in total. The summed E-state index contributed by atoms with van der Waals surface area (Å²) in [6, 6.07) is 5.61. The lowest BCUT2D eigenvalue weighted by atomic mass is 10.2. The molecule has 0 saturated heterocycles. The first-order chi connectivity index (χ1) is 7.92. The standard InChI is InChI=1S/C11H18N2O3S/c1-3-16-10-4-5-11(9(2)8-10)13-6-7-17(12,14)15/h4-5,8,13H,3,6-7H2,1-2H3,(H2,12,14,15). The minimum absolute atomic E-state index is 0.0837. The highest BCUT2D eigenvalue weighted by atomic mass is 32.2. The molecule has 0 aliphatic heterocycles. The number of hydrogen-bond acceptors (Lipinski definition) is 4. The van der Waals surface area contributed by atoms with Crippen LogP contribution in [-0.4, -0.2) is 27.3 Å². The third-order valence-corrected chi connectivity index (χ3v) is 2.98. The molecular formula is C11H18N2O3S. The Hall–Kier alpha value is -1.27. The van der Waals surface area contributed by atoms with E-state index in [1.165, 1.54) is 0 Å². The van der Waals surface area contributed by atoms with E-state index in [4.69, 9.17) is 9.88 Å². The maximum Gasteiger partial charge on any atom is 0.210 e. The Balaban J connectivity index is 2.60. The van der Waals surface area contributed by atoms with Gasteiger partial charge < -0.3 is 10.1 Å². The average Bonchev–Trinajstić information content (AvgIpc) is 2.20. The number of primary sulfonamides is 1. The number of rotatable bonds is 6. The van der Waals surface area contributed by atoms with Crippen molar-refractivity contribution in [1.29, 1.82) is 0 Å². The predicted molar refractivity (Wildman–Crippen MR) is 68.8 cm³/mol. The van der Waals surface area contributed by atoms with Gasteiger partial charge in [0, 0.05) is 12.2 Å². The lowest BCUT2D eigenvalue weighted by Gasteiger charge is -2.11. The molecule has 0 heterocycles. The number of ether oxygens (including phenoxy) is 1. The summed E-state index contributed by atoms with van der Waals surface area (Å²) in [4.78, 5) is 0. The van der Waals surface area contributed by atoms with E-state index in [9.17, 15) is 8.42 Å². The minimum atomic E-state index is -3.41. The molecule has 0 atom stereocenters. The Morgan fingerprint density at radius 2 is 2.12 bits per heavy atom. The summed E-state index contributed by atoms with van der Waals surface area (Å²) in [7, 11) is -3.41. The van der Waals surface area contributed by atoms with Crippen LogP contribution in [0.25, 0.3) is 0 Å². The Labute approximate surface area is 102 Å². The molecule has 0 aliphatic carbocycles. The Morgan fingerprint density at radius 1 is 1.41 bits per heavy atom. The molecule has 96 valence electrons. The molecule has 0 aliphatic rings. The number of sulfonamides is 1. The molecule has 0 radical (unpaired) electrons. The molecule has 6 heteroatoms. The van der Waals surface area contributed by atoms with E-state index in [1.54, 1.807) is 0 Å². The van der Waals surface area contributed by atoms with E-state index >= 15 is 0 Å². The molecular weight excluding hydrogens is 240 g/mol. The number of aryl methyl sites for hydroxylation is 1. The molecule has 0 spiro atoms. The van der Waals surface area contributed by atoms with Gasteiger partial charge in [-0.2, -0.15) is 0 Å². The summed E-state index contributed by atoms with van der Waals surface area (Å²) in [5.74, 6) is 0.724. The van der Waals surface area contributed by atoms with Gasteiger partial charge in [0.1, 0.15) is 5.75 Å². The van der Waals surface area contributed by atoms with Crippen LogP contribution in [0.2, 0.25) is 0 Å². The fourth-order valence-electron chi connectivity index (χ4n) is 1.42. The summed E-state index contributed by atoms with van der Waals surface area (Å²) in [6.07, 6.45) is 0. The molecule has 0 fully saturated rings. The number of anilines is 1. The molecule has 17 heavy (non-hydrogen) atoms. The lowest BCUT2D eigenvalue weighted by Crippen LogP contribution is -2.22. The normalized spacial score (nSPS) is 11.2. The molecule has 1 rings (SSSR count). The first-order valence-corrected chi connectivity index (χ1v) is 7.11. The van der Waals surface area contributed by atoms with Crippen molar-refractivity contribution in [2.24, 2.45) is 5.14 Å². The zero-order chi connectivity index (χ0) is 12.9. The maximum atomic E-state index is 10.8. The molecule has 0 saturated carbocycles. The molecule has 5 nitrogen and oxygen atoms in total. The van der Waals surface area contributed by atoms with Gasteiger partial charge >= 0.3 is 0 Å². The SMILES string of the molecule is CCOc1ccc(NCCS(N)(=O)=O)c(C)c1. The zero-order valence-corrected chi connectivity index (χ0v) is 10.9. The van der Waals surface area contributed by atoms with Gasteiger partial charge in [-0.1, -0.05) is 0 Å². The van der Waals surface area contributed by atoms with Crippen LogP contribution in [0, 0.1) is 6.92 Å². The molecule has 0 aromatic heterocycles. The van der Waals surface area contributed by atoms with Gasteiger partial charge in [0.15, 0.2) is 0 Å². The van der Waals surface area contributed by atoms with Crippen molar-refractivity contribution in [2.45, 2.75) is 13.8 Å². The quantitative estimate of drug-likeness (QED) is 0.800. The van der Waals surface area contributed by atoms with Crippen LogP contribution in [0.5, 0.6) is 5.75 Å². The highest BCUT2D eigenvalue weighted by Gasteiger charge is 2.04. The summed E-state index contributed by atoms with van der Waals surface area (Å²) >= 11 is 0. The summed E-state index contributed by atoms with van der Waals surface area (Å²) in [6.45, 7) is 4.78. The number of hydrogen-bond donors (Lipinski definition) is 2. The van der Waals surface area contributed by atoms with E-state index in [1.807, 2.05) is 32.0 Å². The molecule has 0 unspecified atom stereocenters. The van der Waals surface area contributed by atoms with Gasteiger partial charge in [-0.15, -0.1) is 0 Å². The summed E-state index contributed by atoms with van der Waals surface area (Å²) in [5, 5.41) is 7.94. The summed E-state index contributed by atoms with van der Waals surface area (Å²) in [5.41, 5.74) is 1.89. The van der Waals surface area contributed by atoms with E-state index in [2.05, 4.69) is 5.32 Å². The van der Waals surface area contributed by atoms with E-state index in [0.717, 1.165) is 17.0 Å². The van der Waals surface area contributed by atoms with E-state index in [-0.39, 0.29) is 5.75 Å². The summed E-state index contributed by atoms with van der Waals surface area (Å²) < 4.78 is 26.9. The van der Waals surface area contributed by atoms with E-state index in [0.29, 0.717) is 13.2 Å². The number of nitrogens with two attached hydrogens (primary N) is 1. The largest absolute Gasteiger partial charge is 0.494 e. The van der Waals surface area contributed by atoms with Crippen LogP contribution in [0.15, 0.2) is 18.2 Å². The molecule has 0 amide bonds. The zero-order valence-electron chi connectivity index (χ0n) is 10.1. The van der Waals surface area contributed by atoms with Crippen LogP contribution in [0.1, 0.15) is 12.5 Å². The van der Waals surface area contributed by atoms with Crippen LogP contribution in [0.3, 0.4) is 0 Å². The van der Waals surface area contributed by atoms with Crippen LogP contribution >= 0.6 is 0 Å². The molecule has 1 aromatic carbocycles. The second kappa shape index (κ2) is 5.88. The predicted octanol–water partition coefficient (Wildman–Crippen LogP) is 1.09. The van der Waals surface area contributed by atoms with Crippen LogP contribution in [0.4, 0.5) is 5.69 Å². The van der Waals surface area contributed by atoms with Crippen molar-refractivity contribution < 1.29 is 13.2 Å². The Bertz CT molecular complexity index is 472.